The number of aliphatic hydroxyl groups excluding tert-OH is 1. The topological polar surface area (TPSA) is 78.0 Å². The molecule has 1 saturated carbocycles. The zero-order chi connectivity index (χ0) is 11.5. The standard InChI is InChI=1S/C11H17N3O2/c1-7-6-10(14-13-7)11(16)12-8-2-4-9(15)5-3-8/h6,8-9,15H,2-5H2,1H3,(H,12,16)(H,13,14). The van der Waals surface area contributed by atoms with Gasteiger partial charge in [0.2, 0.25) is 0 Å². The van der Waals surface area contributed by atoms with Gasteiger partial charge in [-0.05, 0) is 38.7 Å². The normalized spacial score (nSPS) is 25.4. The Balaban J connectivity index is 1.88. The van der Waals surface area contributed by atoms with Crippen molar-refractivity contribution in [1.82, 2.24) is 15.5 Å². The summed E-state index contributed by atoms with van der Waals surface area (Å²) in [5, 5.41) is 18.9. The lowest BCUT2D eigenvalue weighted by Gasteiger charge is -2.25. The quantitative estimate of drug-likeness (QED) is 0.692. The second kappa shape index (κ2) is 4.65. The molecule has 1 amide bonds. The van der Waals surface area contributed by atoms with Gasteiger partial charge in [0.1, 0.15) is 5.69 Å². The first-order valence-electron chi connectivity index (χ1n) is 5.66. The van der Waals surface area contributed by atoms with Crippen molar-refractivity contribution in [1.29, 1.82) is 0 Å². The van der Waals surface area contributed by atoms with Crippen molar-refractivity contribution in [2.75, 3.05) is 0 Å². The third kappa shape index (κ3) is 2.61. The molecule has 5 heteroatoms. The minimum atomic E-state index is -0.194. The van der Waals surface area contributed by atoms with Crippen molar-refractivity contribution in [2.45, 2.75) is 44.8 Å². The summed E-state index contributed by atoms with van der Waals surface area (Å²) < 4.78 is 0. The highest BCUT2D eigenvalue weighted by Crippen LogP contribution is 2.18. The van der Waals surface area contributed by atoms with E-state index < -0.39 is 0 Å². The zero-order valence-corrected chi connectivity index (χ0v) is 9.36. The fourth-order valence-corrected chi connectivity index (χ4v) is 2.01. The van der Waals surface area contributed by atoms with Crippen LogP contribution in [0.1, 0.15) is 41.9 Å². The van der Waals surface area contributed by atoms with E-state index in [2.05, 4.69) is 15.5 Å². The number of aromatic amines is 1. The van der Waals surface area contributed by atoms with E-state index in [4.69, 9.17) is 0 Å². The van der Waals surface area contributed by atoms with Crippen LogP contribution >= 0.6 is 0 Å². The van der Waals surface area contributed by atoms with Crippen LogP contribution in [0.3, 0.4) is 0 Å². The van der Waals surface area contributed by atoms with E-state index in [0.717, 1.165) is 31.4 Å². The van der Waals surface area contributed by atoms with Gasteiger partial charge in [0.15, 0.2) is 0 Å². The Kier molecular flexibility index (Phi) is 3.24. The molecular formula is C11H17N3O2. The number of carbonyl (C=O) groups is 1. The summed E-state index contributed by atoms with van der Waals surface area (Å²) in [4.78, 5) is 11.8. The van der Waals surface area contributed by atoms with Gasteiger partial charge in [-0.3, -0.25) is 9.89 Å². The second-order valence-electron chi connectivity index (χ2n) is 4.42. The lowest BCUT2D eigenvalue weighted by molar-refractivity contribution is 0.0863. The molecule has 0 unspecified atom stereocenters. The zero-order valence-electron chi connectivity index (χ0n) is 9.36. The molecule has 1 aromatic heterocycles. The van der Waals surface area contributed by atoms with Gasteiger partial charge >= 0.3 is 0 Å². The molecule has 5 nitrogen and oxygen atoms in total. The minimum Gasteiger partial charge on any atom is -0.393 e. The van der Waals surface area contributed by atoms with E-state index in [1.165, 1.54) is 0 Å². The number of hydrogen-bond donors (Lipinski definition) is 3. The Morgan fingerprint density at radius 1 is 1.50 bits per heavy atom. The number of rotatable bonds is 2. The predicted octanol–water partition coefficient (Wildman–Crippen LogP) is 0.751. The molecule has 0 bridgehead atoms. The summed E-state index contributed by atoms with van der Waals surface area (Å²) in [6, 6.07) is 1.90. The monoisotopic (exact) mass is 223 g/mol. The lowest BCUT2D eigenvalue weighted by Crippen LogP contribution is -2.38. The van der Waals surface area contributed by atoms with Crippen molar-refractivity contribution in [3.05, 3.63) is 17.5 Å². The molecule has 0 spiro atoms. The van der Waals surface area contributed by atoms with E-state index in [0.29, 0.717) is 5.69 Å². The number of nitrogens with one attached hydrogen (secondary N) is 2. The molecule has 0 saturated heterocycles. The van der Waals surface area contributed by atoms with Crippen molar-refractivity contribution in [2.24, 2.45) is 0 Å². The molecule has 1 aliphatic carbocycles. The largest absolute Gasteiger partial charge is 0.393 e. The number of H-pyrrole nitrogens is 1. The maximum Gasteiger partial charge on any atom is 0.271 e. The van der Waals surface area contributed by atoms with Gasteiger partial charge in [-0.1, -0.05) is 0 Å². The van der Waals surface area contributed by atoms with Crippen LogP contribution in [-0.2, 0) is 0 Å². The van der Waals surface area contributed by atoms with Gasteiger partial charge in [0, 0.05) is 11.7 Å². The number of carbonyl (C=O) groups excluding carboxylic acids is 1. The molecule has 3 N–H and O–H groups in total. The first-order valence-corrected chi connectivity index (χ1v) is 5.66. The fourth-order valence-electron chi connectivity index (χ4n) is 2.01. The summed E-state index contributed by atoms with van der Waals surface area (Å²) in [5.74, 6) is -0.134. The average molecular weight is 223 g/mol. The number of hydrogen-bond acceptors (Lipinski definition) is 3. The number of aliphatic hydroxyl groups is 1. The Labute approximate surface area is 94.2 Å². The van der Waals surface area contributed by atoms with Gasteiger partial charge < -0.3 is 10.4 Å². The van der Waals surface area contributed by atoms with Crippen molar-refractivity contribution in [3.63, 3.8) is 0 Å². The molecule has 1 fully saturated rings. The van der Waals surface area contributed by atoms with Crippen LogP contribution in [0.15, 0.2) is 6.07 Å². The summed E-state index contributed by atoms with van der Waals surface area (Å²) in [6.07, 6.45) is 3.03. The van der Waals surface area contributed by atoms with Crippen LogP contribution in [0.2, 0.25) is 0 Å². The van der Waals surface area contributed by atoms with E-state index in [1.54, 1.807) is 6.07 Å². The van der Waals surface area contributed by atoms with E-state index in [9.17, 15) is 9.90 Å². The molecule has 16 heavy (non-hydrogen) atoms. The van der Waals surface area contributed by atoms with E-state index in [1.807, 2.05) is 6.92 Å². The van der Waals surface area contributed by atoms with E-state index in [-0.39, 0.29) is 18.1 Å². The maximum absolute atomic E-state index is 11.8. The van der Waals surface area contributed by atoms with Crippen molar-refractivity contribution in [3.8, 4) is 0 Å². The highest BCUT2D eigenvalue weighted by molar-refractivity contribution is 5.92. The third-order valence-corrected chi connectivity index (χ3v) is 2.97. The maximum atomic E-state index is 11.8. The van der Waals surface area contributed by atoms with Gasteiger partial charge in [0.05, 0.1) is 6.10 Å². The first-order chi connectivity index (χ1) is 7.65. The Morgan fingerprint density at radius 3 is 2.75 bits per heavy atom. The lowest BCUT2D eigenvalue weighted by atomic mass is 9.93. The van der Waals surface area contributed by atoms with E-state index >= 15 is 0 Å². The molecule has 1 aromatic rings. The van der Waals surface area contributed by atoms with Crippen LogP contribution in [-0.4, -0.2) is 33.4 Å². The van der Waals surface area contributed by atoms with Gasteiger partial charge in [-0.15, -0.1) is 0 Å². The molecule has 88 valence electrons. The summed E-state index contributed by atoms with van der Waals surface area (Å²) in [7, 11) is 0. The molecule has 0 radical (unpaired) electrons. The van der Waals surface area contributed by atoms with Gasteiger partial charge in [-0.2, -0.15) is 5.10 Å². The average Bonchev–Trinajstić information content (AvgIpc) is 2.68. The van der Waals surface area contributed by atoms with Crippen molar-refractivity contribution < 1.29 is 9.90 Å². The minimum absolute atomic E-state index is 0.134. The number of amides is 1. The number of aromatic nitrogens is 2. The molecule has 0 aromatic carbocycles. The smallest absolute Gasteiger partial charge is 0.271 e. The SMILES string of the molecule is Cc1cc(C(=O)NC2CCC(O)CC2)n[nH]1. The molecule has 0 atom stereocenters. The molecule has 1 heterocycles. The number of aryl methyl sites for hydroxylation is 1. The number of nitrogens with zero attached hydrogens (tertiary/aromatic N) is 1. The molecular weight excluding hydrogens is 206 g/mol. The summed E-state index contributed by atoms with van der Waals surface area (Å²) in [6.45, 7) is 1.86. The summed E-state index contributed by atoms with van der Waals surface area (Å²) >= 11 is 0. The van der Waals surface area contributed by atoms with Crippen LogP contribution in [0.25, 0.3) is 0 Å². The summed E-state index contributed by atoms with van der Waals surface area (Å²) in [5.41, 5.74) is 1.31. The second-order valence-corrected chi connectivity index (χ2v) is 4.42. The Hall–Kier alpha value is -1.36. The predicted molar refractivity (Wildman–Crippen MR) is 59.1 cm³/mol. The molecule has 2 rings (SSSR count). The fraction of sp³-hybridized carbons (Fsp3) is 0.636. The highest BCUT2D eigenvalue weighted by Gasteiger charge is 2.21. The van der Waals surface area contributed by atoms with Gasteiger partial charge in [0.25, 0.3) is 5.91 Å². The van der Waals surface area contributed by atoms with Crippen LogP contribution in [0.4, 0.5) is 0 Å². The first kappa shape index (κ1) is 11.1. The highest BCUT2D eigenvalue weighted by atomic mass is 16.3. The van der Waals surface area contributed by atoms with Crippen LogP contribution in [0.5, 0.6) is 0 Å². The Bertz CT molecular complexity index is 367. The molecule has 1 aliphatic rings. The van der Waals surface area contributed by atoms with Crippen LogP contribution in [0, 0.1) is 6.92 Å². The van der Waals surface area contributed by atoms with Crippen molar-refractivity contribution >= 4 is 5.91 Å². The van der Waals surface area contributed by atoms with Crippen LogP contribution < -0.4 is 5.32 Å². The Morgan fingerprint density at radius 2 is 2.19 bits per heavy atom. The molecule has 0 aliphatic heterocycles. The third-order valence-electron chi connectivity index (χ3n) is 2.97. The van der Waals surface area contributed by atoms with Gasteiger partial charge in [-0.25, -0.2) is 0 Å².